The van der Waals surface area contributed by atoms with Gasteiger partial charge in [0.05, 0.1) is 0 Å². The highest BCUT2D eigenvalue weighted by Crippen LogP contribution is 2.79. The first-order valence-electron chi connectivity index (χ1n) is 52.2. The molecule has 39 unspecified atom stereocenters. The number of carboxylic acids is 2. The van der Waals surface area contributed by atoms with Crippen molar-refractivity contribution in [1.29, 1.82) is 0 Å². The van der Waals surface area contributed by atoms with Gasteiger partial charge in [0.15, 0.2) is 0 Å². The van der Waals surface area contributed by atoms with Crippen LogP contribution in [0.25, 0.3) is 0 Å². The molecule has 0 heterocycles. The highest BCUT2D eigenvalue weighted by molar-refractivity contribution is 7.47. The second-order valence-corrected chi connectivity index (χ2v) is 56.2. The smallest absolute Gasteiger partial charge is 0.472 e. The van der Waals surface area contributed by atoms with Crippen LogP contribution in [0.15, 0.2) is 0 Å². The normalized spacial score (nSPS) is 46.9. The lowest BCUT2D eigenvalue weighted by atomic mass is 9.43. The molecule has 0 amide bonds. The minimum absolute atomic E-state index is 0.00651. The number of phosphoric acid groups is 5. The standard InChI is InChI=1S/C25H41F3O10P2.C25H41F2O8P.2C24H39F2O7P/c1-15(4-7-20(29)36-14-37-39(30,31)32)17-5-6-18-21-19(8-9-23(17,18)3)22(2)10-11-24(26,38-40(33,34)35)12-16(22)13-25(21,27)28;1-15(4-7-20(28)34-14-35-36(31,32)33)17-5-6-18-21-19(8-9-23(17,18)3)22(2)10-11-24(26,29)12-16(22)13-25(21,27)30;1-14(4-7-19(27)28)16-5-6-17-20-18(8-9-22(16,17)3)21(2)10-11-23(25,33-34(30,31)32)12-15(21)13-24(20,26)29;1-14(4-7-19(27)28)16-5-6-17-20-18(8-9-22(16,17)3)21(2)10-11-23(25,29)12-15(21)13-24(20,26)33-34(30,31)32/h15-19,21H,4-14H2,1-3H3,(H2,30,31,32)(H2,33,34,35);15-19,21,29-30H,4-14H2,1-3H3,(H2,31,32,33);2*14-18,20,29H,4-13H2,1-3H3,(H,27,28)(H2,30,31,32). The number of carboxylic acid groups (broad SMARTS) is 2. The SMILES string of the molecule is CC(CCC(=O)O)C1CCC2C3C(CCC12C)C1(C)CCC(F)(OP(=O)(O)O)CC1CC3(O)F.CC(CCC(=O)O)C1CCC2C3C(CCC12C)C1(C)CCC(O)(F)CC1CC3(F)OP(=O)(O)O.CC(CCC(=O)OCOP(=O)(O)O)C1CCC2C3C(CCC12C)C1(C)CCC(F)(OP(=O)(O)O)CC1CC3(F)F.CC(CCC(=O)OCOP(=O)(O)O)C1CCC2C3C(CCC12C)C1(C)CCC(O)(F)CC1CC3(O)F. The van der Waals surface area contributed by atoms with E-state index >= 15 is 30.7 Å². The van der Waals surface area contributed by atoms with Crippen LogP contribution < -0.4 is 0 Å². The molecule has 46 heteroatoms. The number of halogens is 9. The molecule has 0 aliphatic heterocycles. The van der Waals surface area contributed by atoms with Crippen LogP contribution in [0.1, 0.15) is 340 Å². The summed E-state index contributed by atoms with van der Waals surface area (Å²) in [4.78, 5) is 137. The molecule has 0 aromatic heterocycles. The summed E-state index contributed by atoms with van der Waals surface area (Å²) in [6.07, 6.45) is 12.8. The summed E-state index contributed by atoms with van der Waals surface area (Å²) < 4.78 is 228. The van der Waals surface area contributed by atoms with Gasteiger partial charge in [-0.25, -0.2) is 85.0 Å². The maximum Gasteiger partial charge on any atom is 0.472 e. The Morgan fingerprint density at radius 2 is 0.562 bits per heavy atom. The van der Waals surface area contributed by atoms with Gasteiger partial charge in [-0.1, -0.05) is 83.1 Å². The summed E-state index contributed by atoms with van der Waals surface area (Å²) in [6, 6.07) is 0. The number of ether oxygens (including phenoxy) is 2. The molecule has 16 fully saturated rings. The van der Waals surface area contributed by atoms with Crippen LogP contribution in [0.3, 0.4) is 0 Å². The molecule has 0 saturated heterocycles. The Balaban J connectivity index is 0.000000161. The maximum atomic E-state index is 16.8. The maximum absolute atomic E-state index is 16.8. The van der Waals surface area contributed by atoms with Crippen LogP contribution in [0, 0.1) is 185 Å². The summed E-state index contributed by atoms with van der Waals surface area (Å²) in [7, 11) is -24.8. The number of rotatable bonds is 28. The van der Waals surface area contributed by atoms with Gasteiger partial charge >= 0.3 is 63.0 Å². The van der Waals surface area contributed by atoms with Gasteiger partial charge in [0, 0.05) is 126 Å². The predicted octanol–water partition coefficient (Wildman–Crippen LogP) is 20.7. The number of fused-ring (bicyclic) bond motifs is 20. The first kappa shape index (κ1) is 119. The molecule has 16 aliphatic carbocycles. The van der Waals surface area contributed by atoms with Crippen molar-refractivity contribution in [3.8, 4) is 0 Å². The molecule has 832 valence electrons. The molecule has 16 rings (SSSR count). The summed E-state index contributed by atoms with van der Waals surface area (Å²) in [5.74, 6) is -28.6. The van der Waals surface area contributed by atoms with Gasteiger partial charge in [-0.3, -0.25) is 19.2 Å². The van der Waals surface area contributed by atoms with Crippen LogP contribution in [-0.4, -0.2) is 164 Å². The van der Waals surface area contributed by atoms with Crippen molar-refractivity contribution in [2.24, 2.45) is 185 Å². The first-order chi connectivity index (χ1) is 65.7. The lowest BCUT2D eigenvalue weighted by molar-refractivity contribution is -0.284. The van der Waals surface area contributed by atoms with Crippen LogP contribution in [0.4, 0.5) is 39.5 Å². The summed E-state index contributed by atoms with van der Waals surface area (Å²) >= 11 is 0. The van der Waals surface area contributed by atoms with Crippen molar-refractivity contribution in [3.63, 3.8) is 0 Å². The van der Waals surface area contributed by atoms with Gasteiger partial charge in [0.1, 0.15) is 0 Å². The molecular formula is C98H160F9O32P5. The molecular weight excluding hydrogens is 2010 g/mol. The number of hydrogen-bond donors (Lipinski definition) is 16. The molecule has 0 aromatic carbocycles. The fourth-order valence-electron chi connectivity index (χ4n) is 36.0. The van der Waals surface area contributed by atoms with E-state index in [1.165, 1.54) is 0 Å². The summed E-state index contributed by atoms with van der Waals surface area (Å²) in [5.41, 5.74) is -2.88. The zero-order chi connectivity index (χ0) is 107. The van der Waals surface area contributed by atoms with Crippen molar-refractivity contribution in [2.45, 2.75) is 387 Å². The number of carbonyl (C=O) groups is 4. The fourth-order valence-corrected chi connectivity index (χ4v) is 38.1. The van der Waals surface area contributed by atoms with E-state index in [4.69, 9.17) is 63.4 Å². The van der Waals surface area contributed by atoms with E-state index < -0.39 is 200 Å². The molecule has 0 aromatic rings. The Morgan fingerprint density at radius 1 is 0.299 bits per heavy atom. The van der Waals surface area contributed by atoms with Gasteiger partial charge in [0.25, 0.3) is 5.92 Å². The van der Waals surface area contributed by atoms with E-state index in [1.54, 1.807) is 0 Å². The van der Waals surface area contributed by atoms with Crippen molar-refractivity contribution in [1.82, 2.24) is 0 Å². The second-order valence-electron chi connectivity index (χ2n) is 50.2. The van der Waals surface area contributed by atoms with E-state index in [-0.39, 0.29) is 218 Å². The fraction of sp³-hybridized carbons (Fsp3) is 0.959. The van der Waals surface area contributed by atoms with Gasteiger partial charge in [-0.15, -0.1) is 0 Å². The van der Waals surface area contributed by atoms with E-state index in [0.717, 1.165) is 64.2 Å². The predicted molar refractivity (Wildman–Crippen MR) is 500 cm³/mol. The third-order valence-electron chi connectivity index (χ3n) is 42.7. The number of phosphoric ester groups is 5. The number of esters is 2. The number of aliphatic carboxylic acids is 2. The van der Waals surface area contributed by atoms with Gasteiger partial charge in [0.2, 0.25) is 54.6 Å². The summed E-state index contributed by atoms with van der Waals surface area (Å²) in [6.45, 7) is 23.1. The second kappa shape index (κ2) is 41.6. The minimum atomic E-state index is -5.18. The summed E-state index contributed by atoms with van der Waals surface area (Å²) in [5, 5.41) is 60.5. The molecule has 16 N–H and O–H groups in total. The average Bonchev–Trinajstić information content (AvgIpc) is 1.27. The average molecular weight is 2180 g/mol. The lowest BCUT2D eigenvalue weighted by Gasteiger charge is -2.64. The zero-order valence-corrected chi connectivity index (χ0v) is 89.4. The monoisotopic (exact) mass is 2170 g/mol. The third-order valence-corrected chi connectivity index (χ3v) is 45.3. The van der Waals surface area contributed by atoms with Gasteiger partial charge in [-0.05, 0) is 316 Å². The number of carbonyl (C=O) groups excluding carboxylic acids is 2. The largest absolute Gasteiger partial charge is 0.481 e. The zero-order valence-electron chi connectivity index (χ0n) is 84.9. The molecule has 144 heavy (non-hydrogen) atoms. The third kappa shape index (κ3) is 24.7. The van der Waals surface area contributed by atoms with Crippen LogP contribution in [0.2, 0.25) is 0 Å². The van der Waals surface area contributed by atoms with E-state index in [2.05, 4.69) is 66.6 Å². The molecule has 0 radical (unpaired) electrons. The molecule has 0 bridgehead atoms. The van der Waals surface area contributed by atoms with Gasteiger partial charge in [-0.2, -0.15) is 0 Å². The van der Waals surface area contributed by atoms with Crippen LogP contribution >= 0.6 is 39.1 Å². The topological polar surface area (TPSA) is 542 Å². The Hall–Kier alpha value is -2.36. The van der Waals surface area contributed by atoms with Crippen molar-refractivity contribution < 1.29 is 193 Å². The quantitative estimate of drug-likeness (QED) is 0.0150. The number of alkyl halides is 9. The first-order valence-corrected chi connectivity index (χ1v) is 59.9. The minimum Gasteiger partial charge on any atom is -0.481 e. The Morgan fingerprint density at radius 3 is 0.875 bits per heavy atom. The molecule has 16 aliphatic rings. The van der Waals surface area contributed by atoms with E-state index in [1.807, 2.05) is 34.6 Å². The van der Waals surface area contributed by atoms with E-state index in [0.29, 0.717) is 83.5 Å². The molecule has 32 nitrogen and oxygen atoms in total. The molecule has 16 saturated carbocycles. The van der Waals surface area contributed by atoms with E-state index in [9.17, 15) is 81.0 Å². The lowest BCUT2D eigenvalue weighted by Crippen LogP contribution is -2.63. The van der Waals surface area contributed by atoms with Crippen molar-refractivity contribution >= 4 is 63.0 Å². The molecule has 0 spiro atoms. The van der Waals surface area contributed by atoms with Gasteiger partial charge < -0.3 is 89.0 Å². The Kier molecular flexibility index (Phi) is 34.3. The van der Waals surface area contributed by atoms with Crippen LogP contribution in [-0.2, 0) is 74.1 Å². The Bertz CT molecular complexity index is 4850. The highest BCUT2D eigenvalue weighted by Gasteiger charge is 2.76. The highest BCUT2D eigenvalue weighted by atomic mass is 31.2. The van der Waals surface area contributed by atoms with Crippen molar-refractivity contribution in [2.75, 3.05) is 13.6 Å². The van der Waals surface area contributed by atoms with Crippen LogP contribution in [0.5, 0.6) is 0 Å². The Labute approximate surface area is 837 Å². The number of hydrogen-bond acceptors (Lipinski definition) is 20. The number of aliphatic hydroxyl groups is 4. The molecule has 39 atom stereocenters. The van der Waals surface area contributed by atoms with Crippen molar-refractivity contribution in [3.05, 3.63) is 0 Å².